The van der Waals surface area contributed by atoms with Gasteiger partial charge in [-0.2, -0.15) is 0 Å². The third-order valence-electron chi connectivity index (χ3n) is 2.81. The third-order valence-corrected chi connectivity index (χ3v) is 2.81. The van der Waals surface area contributed by atoms with Crippen LogP contribution in [0.15, 0.2) is 0 Å². The van der Waals surface area contributed by atoms with Crippen LogP contribution in [0.3, 0.4) is 0 Å². The zero-order valence-corrected chi connectivity index (χ0v) is 12.4. The maximum Gasteiger partial charge on any atom is 0.0130 e. The Hall–Kier alpha value is -0.0800. The van der Waals surface area contributed by atoms with Crippen LogP contribution in [0.5, 0.6) is 0 Å². The first-order chi connectivity index (χ1) is 7.16. The van der Waals surface area contributed by atoms with Crippen LogP contribution >= 0.6 is 0 Å². The summed E-state index contributed by atoms with van der Waals surface area (Å²) in [5, 5.41) is 7.14. The highest BCUT2D eigenvalue weighted by molar-refractivity contribution is 4.83. The number of hydrogen-bond donors (Lipinski definition) is 2. The molecule has 0 amide bonds. The van der Waals surface area contributed by atoms with E-state index in [-0.39, 0.29) is 5.54 Å². The molecule has 0 radical (unpaired) electrons. The molecule has 0 aromatic heterocycles. The van der Waals surface area contributed by atoms with Crippen molar-refractivity contribution >= 4 is 0 Å². The molecular formula is C14H32N2. The monoisotopic (exact) mass is 228 g/mol. The van der Waals surface area contributed by atoms with Gasteiger partial charge >= 0.3 is 0 Å². The highest BCUT2D eigenvalue weighted by Crippen LogP contribution is 2.26. The van der Waals surface area contributed by atoms with Gasteiger partial charge in [-0.05, 0) is 39.0 Å². The lowest BCUT2D eigenvalue weighted by Crippen LogP contribution is -2.45. The van der Waals surface area contributed by atoms with Crippen LogP contribution in [-0.2, 0) is 0 Å². The van der Waals surface area contributed by atoms with Gasteiger partial charge in [-0.15, -0.1) is 0 Å². The van der Waals surface area contributed by atoms with Gasteiger partial charge in [0.15, 0.2) is 0 Å². The van der Waals surface area contributed by atoms with E-state index in [0.29, 0.717) is 11.5 Å². The van der Waals surface area contributed by atoms with E-state index in [1.165, 1.54) is 12.8 Å². The molecule has 0 spiro atoms. The minimum Gasteiger partial charge on any atom is -0.313 e. The summed E-state index contributed by atoms with van der Waals surface area (Å²) in [5.41, 5.74) is 0.621. The molecule has 0 rings (SSSR count). The quantitative estimate of drug-likeness (QED) is 0.654. The molecule has 16 heavy (non-hydrogen) atoms. The van der Waals surface area contributed by atoms with Crippen molar-refractivity contribution in [1.82, 2.24) is 10.6 Å². The molecule has 2 nitrogen and oxygen atoms in total. The van der Waals surface area contributed by atoms with Crippen molar-refractivity contribution in [3.8, 4) is 0 Å². The van der Waals surface area contributed by atoms with E-state index in [1.54, 1.807) is 0 Å². The molecular weight excluding hydrogens is 196 g/mol. The maximum atomic E-state index is 3.63. The fourth-order valence-electron chi connectivity index (χ4n) is 2.25. The Kier molecular flexibility index (Phi) is 6.57. The number of hydrogen-bond acceptors (Lipinski definition) is 2. The lowest BCUT2D eigenvalue weighted by Gasteiger charge is -2.33. The Morgan fingerprint density at radius 2 is 1.56 bits per heavy atom. The standard InChI is InChI=1S/C14H32N2/c1-8-12(2)15-9-10-16-14(6,7)11-13(3,4)5/h12,15-16H,8-11H2,1-7H3. The van der Waals surface area contributed by atoms with E-state index in [9.17, 15) is 0 Å². The van der Waals surface area contributed by atoms with Crippen molar-refractivity contribution in [3.05, 3.63) is 0 Å². The van der Waals surface area contributed by atoms with E-state index in [1.807, 2.05) is 0 Å². The zero-order chi connectivity index (χ0) is 12.8. The van der Waals surface area contributed by atoms with Crippen LogP contribution in [0.4, 0.5) is 0 Å². The predicted molar refractivity (Wildman–Crippen MR) is 73.9 cm³/mol. The van der Waals surface area contributed by atoms with Crippen LogP contribution in [0, 0.1) is 5.41 Å². The second kappa shape index (κ2) is 6.61. The van der Waals surface area contributed by atoms with Crippen molar-refractivity contribution in [2.75, 3.05) is 13.1 Å². The second-order valence-corrected chi connectivity index (χ2v) is 6.81. The lowest BCUT2D eigenvalue weighted by atomic mass is 9.82. The van der Waals surface area contributed by atoms with Crippen molar-refractivity contribution in [2.24, 2.45) is 5.41 Å². The van der Waals surface area contributed by atoms with E-state index in [4.69, 9.17) is 0 Å². The summed E-state index contributed by atoms with van der Waals surface area (Å²) in [6.45, 7) is 18.0. The fourth-order valence-corrected chi connectivity index (χ4v) is 2.25. The van der Waals surface area contributed by atoms with Crippen molar-refractivity contribution in [2.45, 2.75) is 72.9 Å². The SMILES string of the molecule is CCC(C)NCCNC(C)(C)CC(C)(C)C. The molecule has 0 saturated heterocycles. The highest BCUT2D eigenvalue weighted by atomic mass is 15.0. The minimum absolute atomic E-state index is 0.232. The summed E-state index contributed by atoms with van der Waals surface area (Å²) in [7, 11) is 0. The second-order valence-electron chi connectivity index (χ2n) is 6.81. The van der Waals surface area contributed by atoms with Crippen LogP contribution in [0.1, 0.15) is 61.3 Å². The maximum absolute atomic E-state index is 3.63. The van der Waals surface area contributed by atoms with E-state index in [2.05, 4.69) is 59.1 Å². The molecule has 0 aromatic rings. The molecule has 0 aliphatic rings. The Bertz CT molecular complexity index is 180. The Labute approximate surface area is 103 Å². The van der Waals surface area contributed by atoms with Gasteiger partial charge in [0.05, 0.1) is 0 Å². The molecule has 2 heteroatoms. The van der Waals surface area contributed by atoms with Gasteiger partial charge < -0.3 is 10.6 Å². The summed E-state index contributed by atoms with van der Waals surface area (Å²) >= 11 is 0. The zero-order valence-electron chi connectivity index (χ0n) is 12.4. The summed E-state index contributed by atoms with van der Waals surface area (Å²) < 4.78 is 0. The number of nitrogens with one attached hydrogen (secondary N) is 2. The smallest absolute Gasteiger partial charge is 0.0130 e. The third kappa shape index (κ3) is 9.17. The molecule has 0 bridgehead atoms. The normalized spacial score (nSPS) is 15.2. The molecule has 1 atom stereocenters. The van der Waals surface area contributed by atoms with Crippen molar-refractivity contribution in [1.29, 1.82) is 0 Å². The first kappa shape index (κ1) is 15.9. The molecule has 1 unspecified atom stereocenters. The largest absolute Gasteiger partial charge is 0.313 e. The molecule has 0 saturated carbocycles. The van der Waals surface area contributed by atoms with Crippen molar-refractivity contribution < 1.29 is 0 Å². The molecule has 0 aliphatic heterocycles. The van der Waals surface area contributed by atoms with Crippen LogP contribution in [-0.4, -0.2) is 24.7 Å². The van der Waals surface area contributed by atoms with Crippen LogP contribution < -0.4 is 10.6 Å². The summed E-state index contributed by atoms with van der Waals surface area (Å²) in [5.74, 6) is 0. The lowest BCUT2D eigenvalue weighted by molar-refractivity contribution is 0.242. The van der Waals surface area contributed by atoms with Crippen LogP contribution in [0.25, 0.3) is 0 Å². The predicted octanol–water partition coefficient (Wildman–Crippen LogP) is 3.18. The molecule has 0 aromatic carbocycles. The molecule has 0 aliphatic carbocycles. The van der Waals surface area contributed by atoms with E-state index >= 15 is 0 Å². The van der Waals surface area contributed by atoms with Crippen molar-refractivity contribution in [3.63, 3.8) is 0 Å². The van der Waals surface area contributed by atoms with Gasteiger partial charge in [-0.3, -0.25) is 0 Å². The average molecular weight is 228 g/mol. The van der Waals surface area contributed by atoms with Crippen LogP contribution in [0.2, 0.25) is 0 Å². The van der Waals surface area contributed by atoms with Gasteiger partial charge in [0.2, 0.25) is 0 Å². The molecule has 0 fully saturated rings. The highest BCUT2D eigenvalue weighted by Gasteiger charge is 2.24. The van der Waals surface area contributed by atoms with Gasteiger partial charge in [-0.1, -0.05) is 27.7 Å². The molecule has 98 valence electrons. The van der Waals surface area contributed by atoms with Gasteiger partial charge in [0, 0.05) is 24.7 Å². The molecule has 2 N–H and O–H groups in total. The molecule has 0 heterocycles. The van der Waals surface area contributed by atoms with E-state index in [0.717, 1.165) is 13.1 Å². The van der Waals surface area contributed by atoms with Gasteiger partial charge in [-0.25, -0.2) is 0 Å². The summed E-state index contributed by atoms with van der Waals surface area (Å²) in [4.78, 5) is 0. The van der Waals surface area contributed by atoms with E-state index < -0.39 is 0 Å². The summed E-state index contributed by atoms with van der Waals surface area (Å²) in [6.07, 6.45) is 2.40. The Morgan fingerprint density at radius 3 is 2.00 bits per heavy atom. The number of rotatable bonds is 7. The fraction of sp³-hybridized carbons (Fsp3) is 1.00. The topological polar surface area (TPSA) is 24.1 Å². The first-order valence-electron chi connectivity index (χ1n) is 6.65. The summed E-state index contributed by atoms with van der Waals surface area (Å²) in [6, 6.07) is 0.632. The van der Waals surface area contributed by atoms with Gasteiger partial charge in [0.1, 0.15) is 0 Å². The van der Waals surface area contributed by atoms with Gasteiger partial charge in [0.25, 0.3) is 0 Å². The Balaban J connectivity index is 3.74. The Morgan fingerprint density at radius 1 is 1.00 bits per heavy atom. The minimum atomic E-state index is 0.232. The average Bonchev–Trinajstić information content (AvgIpc) is 2.08. The first-order valence-corrected chi connectivity index (χ1v) is 6.65.